The first-order chi connectivity index (χ1) is 9.15. The maximum Gasteiger partial charge on any atom is 0.114 e. The van der Waals surface area contributed by atoms with Crippen molar-refractivity contribution in [3.63, 3.8) is 0 Å². The maximum absolute atomic E-state index is 6.15. The molecule has 0 unspecified atom stereocenters. The highest BCUT2D eigenvalue weighted by Gasteiger charge is 2.22. The van der Waals surface area contributed by atoms with Gasteiger partial charge in [-0.25, -0.2) is 4.98 Å². The highest BCUT2D eigenvalue weighted by molar-refractivity contribution is 7.16. The zero-order valence-corrected chi connectivity index (χ0v) is 12.3. The van der Waals surface area contributed by atoms with Crippen LogP contribution in [0.3, 0.4) is 0 Å². The summed E-state index contributed by atoms with van der Waals surface area (Å²) >= 11 is 1.65. The quantitative estimate of drug-likeness (QED) is 0.927. The second kappa shape index (κ2) is 4.96. The molecule has 0 spiro atoms. The molecule has 0 saturated heterocycles. The molecule has 102 valence electrons. The number of nitrogens with two attached hydrogens (primary N) is 1. The summed E-state index contributed by atoms with van der Waals surface area (Å²) in [5, 5.41) is 6.40. The topological polar surface area (TPSA) is 56.7 Å². The van der Waals surface area contributed by atoms with E-state index in [4.69, 9.17) is 10.7 Å². The molecule has 0 aromatic carbocycles. The Labute approximate surface area is 117 Å². The number of aromatic nitrogens is 3. The van der Waals surface area contributed by atoms with Crippen LogP contribution < -0.4 is 5.73 Å². The van der Waals surface area contributed by atoms with Gasteiger partial charge in [-0.15, -0.1) is 11.3 Å². The van der Waals surface area contributed by atoms with Gasteiger partial charge < -0.3 is 5.73 Å². The third kappa shape index (κ3) is 2.39. The second-order valence-corrected chi connectivity index (χ2v) is 6.61. The molecule has 1 aliphatic carbocycles. The number of hydrogen-bond donors (Lipinski definition) is 1. The van der Waals surface area contributed by atoms with E-state index in [1.807, 2.05) is 17.1 Å². The van der Waals surface area contributed by atoms with Crippen LogP contribution in [0.25, 0.3) is 11.3 Å². The summed E-state index contributed by atoms with van der Waals surface area (Å²) in [5.74, 6) is 0.626. The van der Waals surface area contributed by atoms with Gasteiger partial charge in [-0.3, -0.25) is 4.68 Å². The lowest BCUT2D eigenvalue weighted by atomic mass is 10.1. The monoisotopic (exact) mass is 276 g/mol. The third-order valence-electron chi connectivity index (χ3n) is 3.78. The van der Waals surface area contributed by atoms with Gasteiger partial charge in [0, 0.05) is 23.7 Å². The minimum Gasteiger partial charge on any atom is -0.389 e. The number of anilines is 1. The molecule has 19 heavy (non-hydrogen) atoms. The Hall–Kier alpha value is -1.36. The van der Waals surface area contributed by atoms with E-state index >= 15 is 0 Å². The Bertz CT molecular complexity index is 564. The van der Waals surface area contributed by atoms with Gasteiger partial charge in [-0.2, -0.15) is 5.10 Å². The lowest BCUT2D eigenvalue weighted by Gasteiger charge is -2.03. The number of thiazole rings is 1. The molecule has 0 atom stereocenters. The van der Waals surface area contributed by atoms with Crippen molar-refractivity contribution < 1.29 is 0 Å². The summed E-state index contributed by atoms with van der Waals surface area (Å²) in [6.45, 7) is 4.23. The second-order valence-electron chi connectivity index (χ2n) is 5.55. The molecule has 5 heteroatoms. The van der Waals surface area contributed by atoms with Crippen LogP contribution in [0.1, 0.15) is 56.5 Å². The molecular weight excluding hydrogens is 256 g/mol. The van der Waals surface area contributed by atoms with Gasteiger partial charge in [0.05, 0.1) is 11.2 Å². The van der Waals surface area contributed by atoms with Gasteiger partial charge in [-0.05, 0) is 26.7 Å². The molecule has 2 N–H and O–H groups in total. The van der Waals surface area contributed by atoms with E-state index in [0.29, 0.717) is 12.0 Å². The van der Waals surface area contributed by atoms with Crippen molar-refractivity contribution in [2.75, 3.05) is 5.73 Å². The molecule has 4 nitrogen and oxygen atoms in total. The molecule has 0 aliphatic heterocycles. The van der Waals surface area contributed by atoms with E-state index in [9.17, 15) is 0 Å². The van der Waals surface area contributed by atoms with E-state index in [2.05, 4.69) is 18.9 Å². The Morgan fingerprint density at radius 3 is 2.74 bits per heavy atom. The summed E-state index contributed by atoms with van der Waals surface area (Å²) in [4.78, 5) is 4.77. The van der Waals surface area contributed by atoms with Gasteiger partial charge in [0.1, 0.15) is 10.7 Å². The fourth-order valence-electron chi connectivity index (χ4n) is 2.65. The Kier molecular flexibility index (Phi) is 3.31. The van der Waals surface area contributed by atoms with Gasteiger partial charge in [0.15, 0.2) is 0 Å². The molecule has 1 fully saturated rings. The average Bonchev–Trinajstić information content (AvgIpc) is 3.08. The lowest BCUT2D eigenvalue weighted by molar-refractivity contribution is 0.532. The zero-order valence-electron chi connectivity index (χ0n) is 11.5. The normalized spacial score (nSPS) is 16.6. The summed E-state index contributed by atoms with van der Waals surface area (Å²) in [6, 6.07) is 0.364. The number of nitrogens with zero attached hydrogens (tertiary/aromatic N) is 3. The summed E-state index contributed by atoms with van der Waals surface area (Å²) < 4.78 is 1.95. The van der Waals surface area contributed by atoms with Crippen LogP contribution in [0.2, 0.25) is 0 Å². The van der Waals surface area contributed by atoms with E-state index < -0.39 is 0 Å². The fraction of sp³-hybridized carbons (Fsp3) is 0.571. The van der Waals surface area contributed by atoms with Gasteiger partial charge in [0.25, 0.3) is 0 Å². The Balaban J connectivity index is 1.91. The first kappa shape index (κ1) is 12.7. The Morgan fingerprint density at radius 1 is 1.37 bits per heavy atom. The predicted molar refractivity (Wildman–Crippen MR) is 79.3 cm³/mol. The molecule has 0 radical (unpaired) electrons. The SMILES string of the molecule is CC(C)n1cc(-c2nc(C3CCCC3)sc2N)cn1. The van der Waals surface area contributed by atoms with Crippen molar-refractivity contribution in [1.82, 2.24) is 14.8 Å². The molecule has 2 aromatic rings. The molecule has 0 amide bonds. The number of hydrogen-bond acceptors (Lipinski definition) is 4. The summed E-state index contributed by atoms with van der Waals surface area (Å²) in [6.07, 6.45) is 9.07. The smallest absolute Gasteiger partial charge is 0.114 e. The van der Waals surface area contributed by atoms with Crippen molar-refractivity contribution in [1.29, 1.82) is 0 Å². The molecular formula is C14H20N4S. The van der Waals surface area contributed by atoms with Crippen LogP contribution in [0.15, 0.2) is 12.4 Å². The van der Waals surface area contributed by atoms with E-state index in [1.165, 1.54) is 30.7 Å². The van der Waals surface area contributed by atoms with Crippen molar-refractivity contribution in [3.8, 4) is 11.3 Å². The van der Waals surface area contributed by atoms with Crippen LogP contribution in [0.5, 0.6) is 0 Å². The first-order valence-corrected chi connectivity index (χ1v) is 7.77. The molecule has 0 bridgehead atoms. The molecule has 3 rings (SSSR count). The van der Waals surface area contributed by atoms with Crippen molar-refractivity contribution in [3.05, 3.63) is 17.4 Å². The van der Waals surface area contributed by atoms with Crippen LogP contribution >= 0.6 is 11.3 Å². The largest absolute Gasteiger partial charge is 0.389 e. The molecule has 2 aromatic heterocycles. The van der Waals surface area contributed by atoms with Gasteiger partial charge in [0.2, 0.25) is 0 Å². The summed E-state index contributed by atoms with van der Waals surface area (Å²) in [5.41, 5.74) is 8.09. The third-order valence-corrected chi connectivity index (χ3v) is 4.83. The minimum absolute atomic E-state index is 0.364. The van der Waals surface area contributed by atoms with Crippen molar-refractivity contribution in [2.24, 2.45) is 0 Å². The van der Waals surface area contributed by atoms with E-state index in [1.54, 1.807) is 11.3 Å². The van der Waals surface area contributed by atoms with E-state index in [-0.39, 0.29) is 0 Å². The van der Waals surface area contributed by atoms with Crippen molar-refractivity contribution >= 4 is 16.3 Å². The van der Waals surface area contributed by atoms with E-state index in [0.717, 1.165) is 16.3 Å². The van der Waals surface area contributed by atoms with Gasteiger partial charge in [-0.1, -0.05) is 12.8 Å². The Morgan fingerprint density at radius 2 is 2.11 bits per heavy atom. The highest BCUT2D eigenvalue weighted by atomic mass is 32.1. The van der Waals surface area contributed by atoms with Crippen LogP contribution in [-0.4, -0.2) is 14.8 Å². The van der Waals surface area contributed by atoms with Crippen molar-refractivity contribution in [2.45, 2.75) is 51.5 Å². The molecule has 1 saturated carbocycles. The fourth-order valence-corrected chi connectivity index (χ4v) is 3.67. The van der Waals surface area contributed by atoms with Crippen LogP contribution in [-0.2, 0) is 0 Å². The average molecular weight is 276 g/mol. The lowest BCUT2D eigenvalue weighted by Crippen LogP contribution is -1.99. The van der Waals surface area contributed by atoms with Crippen LogP contribution in [0.4, 0.5) is 5.00 Å². The maximum atomic E-state index is 6.15. The standard InChI is InChI=1S/C14H20N4S/c1-9(2)18-8-11(7-16-18)12-13(15)19-14(17-12)10-5-3-4-6-10/h7-10H,3-6,15H2,1-2H3. The molecule has 1 aliphatic rings. The number of nitrogen functional groups attached to an aromatic ring is 1. The highest BCUT2D eigenvalue weighted by Crippen LogP contribution is 2.40. The predicted octanol–water partition coefficient (Wildman–Crippen LogP) is 3.83. The van der Waals surface area contributed by atoms with Crippen LogP contribution in [0, 0.1) is 0 Å². The van der Waals surface area contributed by atoms with Gasteiger partial charge >= 0.3 is 0 Å². The summed E-state index contributed by atoms with van der Waals surface area (Å²) in [7, 11) is 0. The molecule has 2 heterocycles. The number of rotatable bonds is 3. The first-order valence-electron chi connectivity index (χ1n) is 6.96. The zero-order chi connectivity index (χ0) is 13.4. The minimum atomic E-state index is 0.364.